The summed E-state index contributed by atoms with van der Waals surface area (Å²) in [5, 5.41) is 3.23. The van der Waals surface area contributed by atoms with Gasteiger partial charge in [-0.2, -0.15) is 4.39 Å². The summed E-state index contributed by atoms with van der Waals surface area (Å²) in [6, 6.07) is 3.95. The molecule has 0 aliphatic carbocycles. The maximum absolute atomic E-state index is 12.9. The lowest BCUT2D eigenvalue weighted by Gasteiger charge is -2.33. The summed E-state index contributed by atoms with van der Waals surface area (Å²) in [6.45, 7) is 5.55. The summed E-state index contributed by atoms with van der Waals surface area (Å²) < 4.78 is 12.9. The van der Waals surface area contributed by atoms with E-state index in [2.05, 4.69) is 22.1 Å². The van der Waals surface area contributed by atoms with Gasteiger partial charge < -0.3 is 10.2 Å². The topological polar surface area (TPSA) is 28.2 Å². The number of piperidine rings is 1. The van der Waals surface area contributed by atoms with E-state index in [9.17, 15) is 4.39 Å². The first-order valence-electron chi connectivity index (χ1n) is 6.85. The number of rotatable bonds is 5. The summed E-state index contributed by atoms with van der Waals surface area (Å²) in [7, 11) is 0. The maximum Gasteiger partial charge on any atom is 0.214 e. The van der Waals surface area contributed by atoms with Crippen molar-refractivity contribution in [1.29, 1.82) is 0 Å². The van der Waals surface area contributed by atoms with E-state index in [0.717, 1.165) is 31.2 Å². The molecule has 0 saturated carbocycles. The second-order valence-corrected chi connectivity index (χ2v) is 5.03. The number of nitrogens with one attached hydrogen (secondary N) is 1. The molecule has 2 heterocycles. The smallest absolute Gasteiger partial charge is 0.214 e. The maximum atomic E-state index is 12.9. The minimum absolute atomic E-state index is 0.426. The highest BCUT2D eigenvalue weighted by Crippen LogP contribution is 2.16. The Morgan fingerprint density at radius 2 is 2.39 bits per heavy atom. The summed E-state index contributed by atoms with van der Waals surface area (Å²) in [6.07, 6.45) is 6.60. The number of nitrogens with zero attached hydrogens (tertiary/aromatic N) is 2. The van der Waals surface area contributed by atoms with Crippen molar-refractivity contribution in [2.45, 2.75) is 38.6 Å². The highest BCUT2D eigenvalue weighted by atomic mass is 19.1. The molecule has 100 valence electrons. The van der Waals surface area contributed by atoms with Gasteiger partial charge in [0.1, 0.15) is 0 Å². The Kier molecular flexibility index (Phi) is 4.93. The highest BCUT2D eigenvalue weighted by Gasteiger charge is 2.16. The number of aromatic nitrogens is 1. The molecule has 0 radical (unpaired) electrons. The van der Waals surface area contributed by atoms with Gasteiger partial charge in [-0.25, -0.2) is 4.98 Å². The lowest BCUT2D eigenvalue weighted by Crippen LogP contribution is -2.38. The quantitative estimate of drug-likeness (QED) is 0.644. The standard InChI is InChI=1S/C14H22FN3/c1-12-5-2-3-9-18(12)10-4-7-16-13-6-8-17-14(15)11-13/h6,8,11-12H,2-5,7,9-10H2,1H3,(H,16,17). The van der Waals surface area contributed by atoms with Crippen LogP contribution >= 0.6 is 0 Å². The molecule has 1 atom stereocenters. The molecule has 1 saturated heterocycles. The molecule has 1 unspecified atom stereocenters. The summed E-state index contributed by atoms with van der Waals surface area (Å²) in [5.74, 6) is -0.426. The molecule has 2 rings (SSSR count). The number of hydrogen-bond acceptors (Lipinski definition) is 3. The van der Waals surface area contributed by atoms with Crippen LogP contribution in [0, 0.1) is 5.95 Å². The molecule has 3 nitrogen and oxygen atoms in total. The van der Waals surface area contributed by atoms with Gasteiger partial charge in [-0.15, -0.1) is 0 Å². The van der Waals surface area contributed by atoms with Crippen LogP contribution in [0.2, 0.25) is 0 Å². The Hall–Kier alpha value is -1.16. The largest absolute Gasteiger partial charge is 0.385 e. The summed E-state index contributed by atoms with van der Waals surface area (Å²) in [4.78, 5) is 6.09. The predicted octanol–water partition coefficient (Wildman–Crippen LogP) is 2.90. The van der Waals surface area contributed by atoms with Crippen LogP contribution in [0.5, 0.6) is 0 Å². The summed E-state index contributed by atoms with van der Waals surface area (Å²) >= 11 is 0. The first-order valence-corrected chi connectivity index (χ1v) is 6.85. The number of hydrogen-bond donors (Lipinski definition) is 1. The lowest BCUT2D eigenvalue weighted by molar-refractivity contribution is 0.160. The van der Waals surface area contributed by atoms with Crippen LogP contribution in [-0.4, -0.2) is 35.6 Å². The minimum atomic E-state index is -0.426. The Labute approximate surface area is 108 Å². The van der Waals surface area contributed by atoms with Crippen LogP contribution in [0.4, 0.5) is 10.1 Å². The third-order valence-electron chi connectivity index (χ3n) is 3.62. The van der Waals surface area contributed by atoms with E-state index >= 15 is 0 Å². The molecule has 0 aromatic carbocycles. The van der Waals surface area contributed by atoms with Crippen molar-refractivity contribution in [1.82, 2.24) is 9.88 Å². The van der Waals surface area contributed by atoms with E-state index in [1.54, 1.807) is 6.07 Å². The fourth-order valence-electron chi connectivity index (χ4n) is 2.52. The van der Waals surface area contributed by atoms with Crippen LogP contribution in [0.15, 0.2) is 18.3 Å². The van der Waals surface area contributed by atoms with Gasteiger partial charge in [0.05, 0.1) is 0 Å². The number of pyridine rings is 1. The second-order valence-electron chi connectivity index (χ2n) is 5.03. The average molecular weight is 251 g/mol. The fraction of sp³-hybridized carbons (Fsp3) is 0.643. The van der Waals surface area contributed by atoms with Gasteiger partial charge in [-0.05, 0) is 38.8 Å². The lowest BCUT2D eigenvalue weighted by atomic mass is 10.0. The average Bonchev–Trinajstić information content (AvgIpc) is 2.37. The zero-order valence-corrected chi connectivity index (χ0v) is 11.0. The van der Waals surface area contributed by atoms with E-state index in [1.165, 1.54) is 38.1 Å². The van der Waals surface area contributed by atoms with Gasteiger partial charge >= 0.3 is 0 Å². The zero-order chi connectivity index (χ0) is 12.8. The fourth-order valence-corrected chi connectivity index (χ4v) is 2.52. The van der Waals surface area contributed by atoms with Crippen LogP contribution < -0.4 is 5.32 Å². The molecule has 1 fully saturated rings. The molecule has 1 aliphatic rings. The van der Waals surface area contributed by atoms with Crippen molar-refractivity contribution in [2.24, 2.45) is 0 Å². The monoisotopic (exact) mass is 251 g/mol. The molecule has 0 amide bonds. The predicted molar refractivity (Wildman–Crippen MR) is 72.2 cm³/mol. The van der Waals surface area contributed by atoms with Gasteiger partial charge in [0.2, 0.25) is 5.95 Å². The minimum Gasteiger partial charge on any atom is -0.385 e. The molecule has 4 heteroatoms. The highest BCUT2D eigenvalue weighted by molar-refractivity contribution is 5.40. The Bertz CT molecular complexity index is 370. The SMILES string of the molecule is CC1CCCCN1CCCNc1ccnc(F)c1. The Morgan fingerprint density at radius 3 is 3.17 bits per heavy atom. The zero-order valence-electron chi connectivity index (χ0n) is 11.0. The van der Waals surface area contributed by atoms with E-state index in [-0.39, 0.29) is 0 Å². The van der Waals surface area contributed by atoms with E-state index < -0.39 is 5.95 Å². The van der Waals surface area contributed by atoms with Crippen molar-refractivity contribution >= 4 is 5.69 Å². The van der Waals surface area contributed by atoms with Crippen molar-refractivity contribution in [3.63, 3.8) is 0 Å². The first kappa shape index (κ1) is 13.3. The van der Waals surface area contributed by atoms with Gasteiger partial charge in [0, 0.05) is 37.1 Å². The van der Waals surface area contributed by atoms with Crippen LogP contribution in [0.1, 0.15) is 32.6 Å². The van der Waals surface area contributed by atoms with Crippen molar-refractivity contribution in [2.75, 3.05) is 25.0 Å². The van der Waals surface area contributed by atoms with Crippen LogP contribution in [-0.2, 0) is 0 Å². The Balaban J connectivity index is 1.66. The number of likely N-dealkylation sites (tertiary alicyclic amines) is 1. The Morgan fingerprint density at radius 1 is 1.50 bits per heavy atom. The number of halogens is 1. The van der Waals surface area contributed by atoms with Gasteiger partial charge in [-0.3, -0.25) is 0 Å². The van der Waals surface area contributed by atoms with E-state index in [4.69, 9.17) is 0 Å². The van der Waals surface area contributed by atoms with Gasteiger partial charge in [0.15, 0.2) is 0 Å². The first-order chi connectivity index (χ1) is 8.75. The molecule has 18 heavy (non-hydrogen) atoms. The molecule has 0 spiro atoms. The van der Waals surface area contributed by atoms with Crippen molar-refractivity contribution in [3.8, 4) is 0 Å². The molecule has 1 aromatic heterocycles. The molecular formula is C14H22FN3. The van der Waals surface area contributed by atoms with Gasteiger partial charge in [0.25, 0.3) is 0 Å². The molecular weight excluding hydrogens is 229 g/mol. The van der Waals surface area contributed by atoms with E-state index in [0.29, 0.717) is 0 Å². The normalized spacial score (nSPS) is 20.9. The molecule has 1 aromatic rings. The van der Waals surface area contributed by atoms with Crippen molar-refractivity contribution in [3.05, 3.63) is 24.3 Å². The second kappa shape index (κ2) is 6.69. The van der Waals surface area contributed by atoms with Crippen LogP contribution in [0.25, 0.3) is 0 Å². The van der Waals surface area contributed by atoms with Crippen LogP contribution in [0.3, 0.4) is 0 Å². The van der Waals surface area contributed by atoms with Gasteiger partial charge in [-0.1, -0.05) is 6.42 Å². The van der Waals surface area contributed by atoms with Crippen molar-refractivity contribution < 1.29 is 4.39 Å². The number of anilines is 1. The third-order valence-corrected chi connectivity index (χ3v) is 3.62. The van der Waals surface area contributed by atoms with E-state index in [1.807, 2.05) is 0 Å². The molecule has 1 aliphatic heterocycles. The molecule has 0 bridgehead atoms. The summed E-state index contributed by atoms with van der Waals surface area (Å²) in [5.41, 5.74) is 0.814. The molecule has 1 N–H and O–H groups in total. The third kappa shape index (κ3) is 3.95.